The highest BCUT2D eigenvalue weighted by Crippen LogP contribution is 2.15. The first-order chi connectivity index (χ1) is 8.16. The second-order valence-corrected chi connectivity index (χ2v) is 4.42. The second-order valence-electron chi connectivity index (χ2n) is 4.42. The zero-order valence-electron chi connectivity index (χ0n) is 10.2. The monoisotopic (exact) mass is 224 g/mol. The maximum atomic E-state index is 12.2. The fraction of sp³-hybridized carbons (Fsp3) is 0.188. The lowest BCUT2D eigenvalue weighted by molar-refractivity contribution is 0.103. The number of ketones is 1. The Bertz CT molecular complexity index is 501. The molecule has 86 valence electrons. The molecule has 0 heterocycles. The third kappa shape index (κ3) is 2.82. The molecule has 0 amide bonds. The van der Waals surface area contributed by atoms with E-state index in [9.17, 15) is 4.79 Å². The first kappa shape index (κ1) is 11.6. The van der Waals surface area contributed by atoms with Crippen molar-refractivity contribution in [1.82, 2.24) is 0 Å². The maximum absolute atomic E-state index is 12.2. The van der Waals surface area contributed by atoms with Crippen molar-refractivity contribution in [2.45, 2.75) is 13.8 Å². The average molecular weight is 224 g/mol. The van der Waals surface area contributed by atoms with E-state index in [1.165, 1.54) is 5.56 Å². The lowest BCUT2D eigenvalue weighted by atomic mass is 10.0. The van der Waals surface area contributed by atoms with E-state index in [-0.39, 0.29) is 5.78 Å². The number of rotatable bonds is 2. The Hall–Kier alpha value is -1.89. The molecule has 1 aromatic carbocycles. The Kier molecular flexibility index (Phi) is 3.38. The van der Waals surface area contributed by atoms with Crippen molar-refractivity contribution in [3.8, 4) is 0 Å². The summed E-state index contributed by atoms with van der Waals surface area (Å²) in [5.41, 5.74) is 2.66. The van der Waals surface area contributed by atoms with Crippen LogP contribution in [0.15, 0.2) is 60.2 Å². The van der Waals surface area contributed by atoms with Crippen LogP contribution in [0.4, 0.5) is 0 Å². The normalized spacial score (nSPS) is 18.7. The summed E-state index contributed by atoms with van der Waals surface area (Å²) in [6, 6.07) is 7.69. The molecule has 1 heteroatoms. The first-order valence-electron chi connectivity index (χ1n) is 5.85. The molecule has 1 aromatic rings. The molecule has 0 spiro atoms. The average Bonchev–Trinajstić information content (AvgIpc) is 2.54. The van der Waals surface area contributed by atoms with E-state index in [0.717, 1.165) is 11.1 Å². The van der Waals surface area contributed by atoms with Crippen LogP contribution >= 0.6 is 0 Å². The van der Waals surface area contributed by atoms with Crippen molar-refractivity contribution in [2.24, 2.45) is 5.92 Å². The third-order valence-electron chi connectivity index (χ3n) is 2.85. The zero-order chi connectivity index (χ0) is 12.3. The molecule has 1 aliphatic carbocycles. The summed E-state index contributed by atoms with van der Waals surface area (Å²) in [5.74, 6) is 0.467. The highest BCUT2D eigenvalue weighted by Gasteiger charge is 2.10. The van der Waals surface area contributed by atoms with E-state index >= 15 is 0 Å². The molecule has 0 saturated heterocycles. The summed E-state index contributed by atoms with van der Waals surface area (Å²) in [4.78, 5) is 12.2. The summed E-state index contributed by atoms with van der Waals surface area (Å²) >= 11 is 0. The minimum absolute atomic E-state index is 0.0833. The van der Waals surface area contributed by atoms with Crippen LogP contribution in [0.1, 0.15) is 22.8 Å². The van der Waals surface area contributed by atoms with Crippen LogP contribution in [-0.4, -0.2) is 5.78 Å². The number of benzene rings is 1. The van der Waals surface area contributed by atoms with Gasteiger partial charge in [0.05, 0.1) is 0 Å². The Labute approximate surface area is 102 Å². The van der Waals surface area contributed by atoms with Gasteiger partial charge in [0.25, 0.3) is 0 Å². The Balaban J connectivity index is 2.26. The molecular weight excluding hydrogens is 208 g/mol. The fourth-order valence-corrected chi connectivity index (χ4v) is 1.73. The number of aryl methyl sites for hydroxylation is 1. The lowest BCUT2D eigenvalue weighted by Gasteiger charge is -2.02. The second kappa shape index (κ2) is 4.96. The molecule has 0 bridgehead atoms. The molecule has 1 unspecified atom stereocenters. The number of carbonyl (C=O) groups is 1. The van der Waals surface area contributed by atoms with Crippen LogP contribution in [0, 0.1) is 12.8 Å². The SMILES string of the molecule is Cc1ccc(C(=O)C2=CC=CC(C)C=C2)cc1. The molecule has 1 aliphatic rings. The lowest BCUT2D eigenvalue weighted by Crippen LogP contribution is -2.01. The van der Waals surface area contributed by atoms with Gasteiger partial charge in [-0.15, -0.1) is 0 Å². The van der Waals surface area contributed by atoms with Gasteiger partial charge in [-0.1, -0.05) is 67.1 Å². The quantitative estimate of drug-likeness (QED) is 0.697. The first-order valence-corrected chi connectivity index (χ1v) is 5.85. The summed E-state index contributed by atoms with van der Waals surface area (Å²) in [6.45, 7) is 4.11. The Morgan fingerprint density at radius 3 is 2.53 bits per heavy atom. The van der Waals surface area contributed by atoms with Crippen molar-refractivity contribution in [2.75, 3.05) is 0 Å². The predicted molar refractivity (Wildman–Crippen MR) is 71.0 cm³/mol. The van der Waals surface area contributed by atoms with Crippen molar-refractivity contribution in [3.05, 3.63) is 71.3 Å². The largest absolute Gasteiger partial charge is 0.289 e. The van der Waals surface area contributed by atoms with E-state index < -0.39 is 0 Å². The van der Waals surface area contributed by atoms with E-state index in [1.54, 1.807) is 0 Å². The minimum Gasteiger partial charge on any atom is -0.289 e. The van der Waals surface area contributed by atoms with Gasteiger partial charge < -0.3 is 0 Å². The highest BCUT2D eigenvalue weighted by atomic mass is 16.1. The van der Waals surface area contributed by atoms with E-state index in [2.05, 4.69) is 13.0 Å². The van der Waals surface area contributed by atoms with Crippen LogP contribution in [0.5, 0.6) is 0 Å². The van der Waals surface area contributed by atoms with Crippen LogP contribution in [0.2, 0.25) is 0 Å². The topological polar surface area (TPSA) is 17.1 Å². The van der Waals surface area contributed by atoms with E-state index in [4.69, 9.17) is 0 Å². The van der Waals surface area contributed by atoms with Gasteiger partial charge in [-0.25, -0.2) is 0 Å². The highest BCUT2D eigenvalue weighted by molar-refractivity contribution is 6.10. The smallest absolute Gasteiger partial charge is 0.193 e. The molecule has 2 rings (SSSR count). The molecular formula is C16H16O. The van der Waals surface area contributed by atoms with Crippen molar-refractivity contribution < 1.29 is 4.79 Å². The standard InChI is InChI=1S/C16H16O/c1-12-4-3-5-14(9-6-12)16(17)15-10-7-13(2)8-11-15/h3-12H,1-2H3. The zero-order valence-corrected chi connectivity index (χ0v) is 10.2. The maximum Gasteiger partial charge on any atom is 0.193 e. The van der Waals surface area contributed by atoms with E-state index in [0.29, 0.717) is 5.92 Å². The molecule has 0 aliphatic heterocycles. The molecule has 0 radical (unpaired) electrons. The van der Waals surface area contributed by atoms with Crippen molar-refractivity contribution >= 4 is 5.78 Å². The Morgan fingerprint density at radius 1 is 1.12 bits per heavy atom. The van der Waals surface area contributed by atoms with Crippen LogP contribution in [0.3, 0.4) is 0 Å². The van der Waals surface area contributed by atoms with Gasteiger partial charge in [-0.3, -0.25) is 4.79 Å². The van der Waals surface area contributed by atoms with E-state index in [1.807, 2.05) is 55.5 Å². The number of hydrogen-bond acceptors (Lipinski definition) is 1. The molecule has 17 heavy (non-hydrogen) atoms. The van der Waals surface area contributed by atoms with Gasteiger partial charge in [0.15, 0.2) is 5.78 Å². The molecule has 0 aromatic heterocycles. The summed E-state index contributed by atoms with van der Waals surface area (Å²) in [6.07, 6.45) is 9.86. The number of Topliss-reactive ketones (excluding diaryl/α,β-unsaturated/α-hetero) is 1. The van der Waals surface area contributed by atoms with Gasteiger partial charge in [-0.2, -0.15) is 0 Å². The third-order valence-corrected chi connectivity index (χ3v) is 2.85. The fourth-order valence-electron chi connectivity index (χ4n) is 1.73. The van der Waals surface area contributed by atoms with Crippen LogP contribution in [0.25, 0.3) is 0 Å². The number of allylic oxidation sites excluding steroid dienone is 6. The molecule has 0 saturated carbocycles. The number of hydrogen-bond donors (Lipinski definition) is 0. The number of carbonyl (C=O) groups excluding carboxylic acids is 1. The summed E-state index contributed by atoms with van der Waals surface area (Å²) < 4.78 is 0. The van der Waals surface area contributed by atoms with Gasteiger partial charge in [0, 0.05) is 11.1 Å². The van der Waals surface area contributed by atoms with Gasteiger partial charge in [0.1, 0.15) is 0 Å². The molecule has 1 nitrogen and oxygen atoms in total. The van der Waals surface area contributed by atoms with Crippen molar-refractivity contribution in [3.63, 3.8) is 0 Å². The van der Waals surface area contributed by atoms with Crippen LogP contribution in [-0.2, 0) is 0 Å². The summed E-state index contributed by atoms with van der Waals surface area (Å²) in [5, 5.41) is 0. The molecule has 0 fully saturated rings. The predicted octanol–water partition coefficient (Wildman–Crippen LogP) is 3.87. The summed E-state index contributed by atoms with van der Waals surface area (Å²) in [7, 11) is 0. The van der Waals surface area contributed by atoms with Gasteiger partial charge in [-0.05, 0) is 12.8 Å². The Morgan fingerprint density at radius 2 is 1.82 bits per heavy atom. The molecule has 1 atom stereocenters. The molecule has 0 N–H and O–H groups in total. The minimum atomic E-state index is 0.0833. The van der Waals surface area contributed by atoms with Crippen molar-refractivity contribution in [1.29, 1.82) is 0 Å². The van der Waals surface area contributed by atoms with Gasteiger partial charge >= 0.3 is 0 Å². The van der Waals surface area contributed by atoms with Crippen LogP contribution < -0.4 is 0 Å². The van der Waals surface area contributed by atoms with Gasteiger partial charge in [0.2, 0.25) is 0 Å².